The highest BCUT2D eigenvalue weighted by atomic mass is 32.2. The van der Waals surface area contributed by atoms with Crippen LogP contribution >= 0.6 is 0 Å². The van der Waals surface area contributed by atoms with Crippen LogP contribution < -0.4 is 10.1 Å². The van der Waals surface area contributed by atoms with E-state index in [0.717, 1.165) is 6.07 Å². The minimum atomic E-state index is -3.12. The Balaban J connectivity index is 1.93. The summed E-state index contributed by atoms with van der Waals surface area (Å²) in [6.45, 7) is 1.36. The van der Waals surface area contributed by atoms with E-state index in [4.69, 9.17) is 9.47 Å². The Kier molecular flexibility index (Phi) is 5.43. The van der Waals surface area contributed by atoms with Crippen molar-refractivity contribution in [2.75, 3.05) is 18.6 Å². The Morgan fingerprint density at radius 1 is 1.38 bits per heavy atom. The lowest BCUT2D eigenvalue weighted by molar-refractivity contribution is -0.129. The molecule has 132 valence electrons. The van der Waals surface area contributed by atoms with Gasteiger partial charge in [-0.3, -0.25) is 4.79 Å². The molecule has 0 bridgehead atoms. The molecule has 1 fully saturated rings. The van der Waals surface area contributed by atoms with Gasteiger partial charge in [-0.05, 0) is 31.5 Å². The zero-order valence-electron chi connectivity index (χ0n) is 13.2. The molecule has 1 aliphatic rings. The van der Waals surface area contributed by atoms with Gasteiger partial charge in [-0.2, -0.15) is 0 Å². The van der Waals surface area contributed by atoms with Crippen molar-refractivity contribution in [3.05, 3.63) is 29.6 Å². The molecule has 0 radical (unpaired) electrons. The van der Waals surface area contributed by atoms with Crippen LogP contribution in [-0.4, -0.2) is 51.1 Å². The van der Waals surface area contributed by atoms with Crippen LogP contribution in [0.4, 0.5) is 4.39 Å². The quantitative estimate of drug-likeness (QED) is 0.777. The molecule has 0 aromatic heterocycles. The van der Waals surface area contributed by atoms with Gasteiger partial charge in [0.1, 0.15) is 0 Å². The average molecular weight is 359 g/mol. The first kappa shape index (κ1) is 18.2. The standard InChI is InChI=1S/C15H18FNO6S/c1-9(14(18)17-11-5-6-24(20,21)8-11)23-15(19)10-3-4-13(22-2)12(16)7-10/h3-4,7,9,11H,5-6,8H2,1-2H3,(H,17,18)/t9-,11+/m0/s1. The summed E-state index contributed by atoms with van der Waals surface area (Å²) in [5.41, 5.74) is -0.0589. The summed E-state index contributed by atoms with van der Waals surface area (Å²) in [5, 5.41) is 2.53. The van der Waals surface area contributed by atoms with Crippen LogP contribution in [0.15, 0.2) is 18.2 Å². The number of hydrogen-bond donors (Lipinski definition) is 1. The molecule has 2 rings (SSSR count). The Labute approximate surface area is 139 Å². The molecule has 0 spiro atoms. The number of sulfone groups is 1. The van der Waals surface area contributed by atoms with Crippen molar-refractivity contribution < 1.29 is 31.9 Å². The molecule has 1 N–H and O–H groups in total. The Morgan fingerprint density at radius 3 is 2.62 bits per heavy atom. The Bertz CT molecular complexity index is 748. The van der Waals surface area contributed by atoms with Gasteiger partial charge >= 0.3 is 5.97 Å². The predicted molar refractivity (Wildman–Crippen MR) is 83.0 cm³/mol. The van der Waals surface area contributed by atoms with Gasteiger partial charge in [-0.25, -0.2) is 17.6 Å². The molecule has 0 unspecified atom stereocenters. The summed E-state index contributed by atoms with van der Waals surface area (Å²) in [7, 11) is -1.82. The van der Waals surface area contributed by atoms with Gasteiger partial charge in [0.05, 0.1) is 24.2 Å². The molecule has 1 heterocycles. The van der Waals surface area contributed by atoms with E-state index in [-0.39, 0.29) is 22.8 Å². The predicted octanol–water partition coefficient (Wildman–Crippen LogP) is 0.683. The highest BCUT2D eigenvalue weighted by Crippen LogP contribution is 2.18. The molecule has 1 amide bonds. The van der Waals surface area contributed by atoms with Crippen LogP contribution in [0.5, 0.6) is 5.75 Å². The highest BCUT2D eigenvalue weighted by molar-refractivity contribution is 7.91. The van der Waals surface area contributed by atoms with Gasteiger partial charge in [0.2, 0.25) is 0 Å². The van der Waals surface area contributed by atoms with Gasteiger partial charge < -0.3 is 14.8 Å². The molecule has 7 nitrogen and oxygen atoms in total. The van der Waals surface area contributed by atoms with Crippen molar-refractivity contribution in [1.29, 1.82) is 0 Å². The van der Waals surface area contributed by atoms with Crippen molar-refractivity contribution in [1.82, 2.24) is 5.32 Å². The molecule has 1 aliphatic heterocycles. The zero-order chi connectivity index (χ0) is 17.9. The molecule has 1 aromatic rings. The van der Waals surface area contributed by atoms with E-state index in [1.54, 1.807) is 0 Å². The number of benzene rings is 1. The maximum Gasteiger partial charge on any atom is 0.339 e. The average Bonchev–Trinajstić information content (AvgIpc) is 2.85. The monoisotopic (exact) mass is 359 g/mol. The van der Waals surface area contributed by atoms with Crippen molar-refractivity contribution >= 4 is 21.7 Å². The van der Waals surface area contributed by atoms with E-state index in [1.807, 2.05) is 0 Å². The van der Waals surface area contributed by atoms with E-state index in [0.29, 0.717) is 6.42 Å². The van der Waals surface area contributed by atoms with Crippen molar-refractivity contribution in [2.24, 2.45) is 0 Å². The maximum absolute atomic E-state index is 13.6. The molecular weight excluding hydrogens is 341 g/mol. The van der Waals surface area contributed by atoms with Crippen LogP contribution in [0.2, 0.25) is 0 Å². The number of amides is 1. The van der Waals surface area contributed by atoms with Gasteiger partial charge in [0.25, 0.3) is 5.91 Å². The third-order valence-electron chi connectivity index (χ3n) is 3.62. The van der Waals surface area contributed by atoms with Crippen LogP contribution in [-0.2, 0) is 19.4 Å². The van der Waals surface area contributed by atoms with Crippen LogP contribution in [0.1, 0.15) is 23.7 Å². The lowest BCUT2D eigenvalue weighted by Gasteiger charge is -2.16. The maximum atomic E-state index is 13.6. The summed E-state index contributed by atoms with van der Waals surface area (Å²) >= 11 is 0. The number of esters is 1. The lowest BCUT2D eigenvalue weighted by Crippen LogP contribution is -2.42. The molecule has 1 saturated heterocycles. The number of methoxy groups -OCH3 is 1. The second-order valence-corrected chi connectivity index (χ2v) is 7.73. The third kappa shape index (κ3) is 4.44. The van der Waals surface area contributed by atoms with E-state index < -0.39 is 39.7 Å². The summed E-state index contributed by atoms with van der Waals surface area (Å²) in [6.07, 6.45) is -0.802. The number of carbonyl (C=O) groups is 2. The molecule has 9 heteroatoms. The molecule has 2 atom stereocenters. The summed E-state index contributed by atoms with van der Waals surface area (Å²) in [4.78, 5) is 23.9. The normalized spacial score (nSPS) is 20.2. The van der Waals surface area contributed by atoms with Crippen LogP contribution in [0, 0.1) is 5.82 Å². The first-order valence-corrected chi connectivity index (χ1v) is 9.09. The van der Waals surface area contributed by atoms with Crippen molar-refractivity contribution in [3.63, 3.8) is 0 Å². The zero-order valence-corrected chi connectivity index (χ0v) is 14.1. The SMILES string of the molecule is COc1ccc(C(=O)O[C@@H](C)C(=O)N[C@@H]2CCS(=O)(=O)C2)cc1F. The molecule has 0 aliphatic carbocycles. The topological polar surface area (TPSA) is 98.8 Å². The van der Waals surface area contributed by atoms with Crippen LogP contribution in [0.25, 0.3) is 0 Å². The summed E-state index contributed by atoms with van der Waals surface area (Å²) in [6, 6.07) is 3.07. The number of halogens is 1. The van der Waals surface area contributed by atoms with E-state index in [9.17, 15) is 22.4 Å². The van der Waals surface area contributed by atoms with E-state index >= 15 is 0 Å². The second-order valence-electron chi connectivity index (χ2n) is 5.51. The first-order valence-electron chi connectivity index (χ1n) is 7.27. The minimum Gasteiger partial charge on any atom is -0.494 e. The fraction of sp³-hybridized carbons (Fsp3) is 0.467. The van der Waals surface area contributed by atoms with Crippen molar-refractivity contribution in [2.45, 2.75) is 25.5 Å². The van der Waals surface area contributed by atoms with E-state index in [1.165, 1.54) is 26.2 Å². The number of carbonyl (C=O) groups excluding carboxylic acids is 2. The van der Waals surface area contributed by atoms with Gasteiger partial charge in [0.15, 0.2) is 27.5 Å². The molecule has 0 saturated carbocycles. The molecule has 24 heavy (non-hydrogen) atoms. The van der Waals surface area contributed by atoms with Crippen LogP contribution in [0.3, 0.4) is 0 Å². The Hall–Kier alpha value is -2.16. The highest BCUT2D eigenvalue weighted by Gasteiger charge is 2.30. The van der Waals surface area contributed by atoms with Gasteiger partial charge in [0, 0.05) is 6.04 Å². The number of ether oxygens (including phenoxy) is 2. The largest absolute Gasteiger partial charge is 0.494 e. The first-order chi connectivity index (χ1) is 11.2. The Morgan fingerprint density at radius 2 is 2.08 bits per heavy atom. The lowest BCUT2D eigenvalue weighted by atomic mass is 10.2. The number of hydrogen-bond acceptors (Lipinski definition) is 6. The summed E-state index contributed by atoms with van der Waals surface area (Å²) in [5.74, 6) is -2.29. The second kappa shape index (κ2) is 7.16. The third-order valence-corrected chi connectivity index (χ3v) is 5.39. The fourth-order valence-corrected chi connectivity index (χ4v) is 3.98. The summed E-state index contributed by atoms with van der Waals surface area (Å²) < 4.78 is 46.0. The molecular formula is C15H18FNO6S. The molecule has 1 aromatic carbocycles. The van der Waals surface area contributed by atoms with Gasteiger partial charge in [-0.1, -0.05) is 0 Å². The smallest absolute Gasteiger partial charge is 0.339 e. The minimum absolute atomic E-state index is 0.0141. The van der Waals surface area contributed by atoms with Crippen molar-refractivity contribution in [3.8, 4) is 5.75 Å². The number of rotatable bonds is 5. The fourth-order valence-electron chi connectivity index (χ4n) is 2.30. The van der Waals surface area contributed by atoms with E-state index in [2.05, 4.69) is 5.32 Å². The number of nitrogens with one attached hydrogen (secondary N) is 1. The van der Waals surface area contributed by atoms with Gasteiger partial charge in [-0.15, -0.1) is 0 Å².